The quantitative estimate of drug-likeness (QED) is 0.735. The first-order valence-corrected chi connectivity index (χ1v) is 7.34. The first-order valence-electron chi connectivity index (χ1n) is 6.58. The van der Waals surface area contributed by atoms with Crippen molar-refractivity contribution in [1.82, 2.24) is 0 Å². The number of nitrogens with one attached hydrogen (secondary N) is 1. The van der Waals surface area contributed by atoms with Crippen LogP contribution in [0.3, 0.4) is 0 Å². The van der Waals surface area contributed by atoms with E-state index >= 15 is 0 Å². The Morgan fingerprint density at radius 2 is 1.82 bits per heavy atom. The second-order valence-electron chi connectivity index (χ2n) is 4.97. The summed E-state index contributed by atoms with van der Waals surface area (Å²) in [7, 11) is 0. The Hall–Kier alpha value is -1.75. The number of anilines is 1. The number of carbonyl (C=O) groups excluding carboxylic acids is 1. The maximum Gasteiger partial charge on any atom is 0.227 e. The van der Waals surface area contributed by atoms with Crippen molar-refractivity contribution in [2.75, 3.05) is 5.32 Å². The summed E-state index contributed by atoms with van der Waals surface area (Å²) in [5, 5.41) is 23.0. The van der Waals surface area contributed by atoms with Gasteiger partial charge in [0.05, 0.1) is 12.5 Å². The van der Waals surface area contributed by atoms with Gasteiger partial charge < -0.3 is 15.5 Å². The fourth-order valence-corrected chi connectivity index (χ4v) is 2.55. The van der Waals surface area contributed by atoms with Gasteiger partial charge in [-0.2, -0.15) is 0 Å². The average Bonchev–Trinajstić information content (AvgIpc) is 2.41. The van der Waals surface area contributed by atoms with Gasteiger partial charge in [0, 0.05) is 15.7 Å². The molecule has 0 aromatic heterocycles. The van der Waals surface area contributed by atoms with Gasteiger partial charge >= 0.3 is 0 Å². The molecule has 0 aliphatic heterocycles. The van der Waals surface area contributed by atoms with Crippen LogP contribution in [0.5, 0.6) is 5.75 Å². The molecule has 0 bridgehead atoms. The second-order valence-corrected chi connectivity index (χ2v) is 5.85. The number of aliphatic hydroxyl groups is 1. The van der Waals surface area contributed by atoms with Crippen LogP contribution in [0.2, 0.25) is 10.0 Å². The highest BCUT2D eigenvalue weighted by molar-refractivity contribution is 6.34. The zero-order chi connectivity index (χ0) is 16.3. The molecule has 1 amide bonds. The van der Waals surface area contributed by atoms with Crippen LogP contribution in [-0.4, -0.2) is 16.1 Å². The zero-order valence-corrected chi connectivity index (χ0v) is 13.3. The molecule has 1 atom stereocenters. The number of hydrogen-bond donors (Lipinski definition) is 3. The van der Waals surface area contributed by atoms with Crippen LogP contribution in [0, 0.1) is 6.92 Å². The highest BCUT2D eigenvalue weighted by atomic mass is 35.5. The molecular formula is C16H15Cl2NO3. The fourth-order valence-electron chi connectivity index (χ4n) is 2.01. The predicted molar refractivity (Wildman–Crippen MR) is 87.5 cm³/mol. The molecule has 0 aliphatic rings. The lowest BCUT2D eigenvalue weighted by atomic mass is 10.1. The summed E-state index contributed by atoms with van der Waals surface area (Å²) < 4.78 is 0. The molecule has 0 saturated heterocycles. The highest BCUT2D eigenvalue weighted by Gasteiger charge is 2.14. The smallest absolute Gasteiger partial charge is 0.227 e. The average molecular weight is 340 g/mol. The molecule has 0 saturated carbocycles. The van der Waals surface area contributed by atoms with Crippen molar-refractivity contribution in [2.45, 2.75) is 19.4 Å². The van der Waals surface area contributed by atoms with E-state index in [4.69, 9.17) is 23.2 Å². The van der Waals surface area contributed by atoms with Crippen molar-refractivity contribution in [3.8, 4) is 5.75 Å². The van der Waals surface area contributed by atoms with Crippen molar-refractivity contribution >= 4 is 34.8 Å². The lowest BCUT2D eigenvalue weighted by molar-refractivity contribution is -0.118. The van der Waals surface area contributed by atoms with E-state index in [-0.39, 0.29) is 18.1 Å². The van der Waals surface area contributed by atoms with Crippen LogP contribution >= 0.6 is 23.2 Å². The van der Waals surface area contributed by atoms with Crippen LogP contribution in [-0.2, 0) is 4.79 Å². The molecule has 2 aromatic rings. The molecule has 6 heteroatoms. The standard InChI is InChI=1S/C16H15Cl2NO3/c1-9-4-13(2-3-14(9)20)19-16(22)8-15(21)10-5-11(17)7-12(18)6-10/h2-7,15,20-21H,8H2,1H3,(H,19,22). The number of carbonyl (C=O) groups is 1. The Morgan fingerprint density at radius 1 is 1.18 bits per heavy atom. The van der Waals surface area contributed by atoms with E-state index in [1.165, 1.54) is 6.07 Å². The van der Waals surface area contributed by atoms with Crippen LogP contribution in [0.25, 0.3) is 0 Å². The summed E-state index contributed by atoms with van der Waals surface area (Å²) in [6, 6.07) is 9.42. The van der Waals surface area contributed by atoms with E-state index in [2.05, 4.69) is 5.32 Å². The molecule has 2 aromatic carbocycles. The summed E-state index contributed by atoms with van der Waals surface area (Å²) in [4.78, 5) is 12.0. The molecule has 116 valence electrons. The maximum absolute atomic E-state index is 12.0. The number of phenolic OH excluding ortho intramolecular Hbond substituents is 1. The van der Waals surface area contributed by atoms with E-state index < -0.39 is 6.10 Å². The highest BCUT2D eigenvalue weighted by Crippen LogP contribution is 2.26. The van der Waals surface area contributed by atoms with Crippen molar-refractivity contribution in [3.63, 3.8) is 0 Å². The Kier molecular flexibility index (Phi) is 5.29. The van der Waals surface area contributed by atoms with Gasteiger partial charge in [0.25, 0.3) is 0 Å². The lowest BCUT2D eigenvalue weighted by Gasteiger charge is -2.12. The van der Waals surface area contributed by atoms with Crippen molar-refractivity contribution in [2.24, 2.45) is 0 Å². The third kappa shape index (κ3) is 4.37. The molecule has 4 nitrogen and oxygen atoms in total. The minimum Gasteiger partial charge on any atom is -0.508 e. The van der Waals surface area contributed by atoms with Gasteiger partial charge in [-0.05, 0) is 54.4 Å². The molecular weight excluding hydrogens is 325 g/mol. The number of halogens is 2. The number of aliphatic hydroxyl groups excluding tert-OH is 1. The SMILES string of the molecule is Cc1cc(NC(=O)CC(O)c2cc(Cl)cc(Cl)c2)ccc1O. The van der Waals surface area contributed by atoms with E-state index in [1.807, 2.05) is 0 Å². The fraction of sp³-hybridized carbons (Fsp3) is 0.188. The molecule has 0 heterocycles. The maximum atomic E-state index is 12.0. The molecule has 2 rings (SSSR count). The first kappa shape index (κ1) is 16.6. The van der Waals surface area contributed by atoms with Gasteiger partial charge in [-0.25, -0.2) is 0 Å². The van der Waals surface area contributed by atoms with Gasteiger partial charge in [0.2, 0.25) is 5.91 Å². The number of phenols is 1. The summed E-state index contributed by atoms with van der Waals surface area (Å²) in [6.07, 6.45) is -1.13. The molecule has 22 heavy (non-hydrogen) atoms. The lowest BCUT2D eigenvalue weighted by Crippen LogP contribution is -2.15. The monoisotopic (exact) mass is 339 g/mol. The molecule has 0 spiro atoms. The molecule has 0 radical (unpaired) electrons. The Morgan fingerprint density at radius 3 is 2.41 bits per heavy atom. The minimum atomic E-state index is -1.01. The van der Waals surface area contributed by atoms with E-state index in [0.29, 0.717) is 26.9 Å². The Labute approximate surface area is 138 Å². The third-order valence-electron chi connectivity index (χ3n) is 3.13. The Balaban J connectivity index is 2.03. The number of amides is 1. The topological polar surface area (TPSA) is 69.6 Å². The number of aromatic hydroxyl groups is 1. The minimum absolute atomic E-state index is 0.128. The number of rotatable bonds is 4. The van der Waals surface area contributed by atoms with E-state index in [9.17, 15) is 15.0 Å². The third-order valence-corrected chi connectivity index (χ3v) is 3.57. The van der Waals surface area contributed by atoms with Crippen LogP contribution in [0.15, 0.2) is 36.4 Å². The number of benzene rings is 2. The summed E-state index contributed by atoms with van der Waals surface area (Å²) in [6.45, 7) is 1.73. The van der Waals surface area contributed by atoms with Crippen molar-refractivity contribution < 1.29 is 15.0 Å². The second kappa shape index (κ2) is 7.01. The van der Waals surface area contributed by atoms with Crippen LogP contribution < -0.4 is 5.32 Å². The van der Waals surface area contributed by atoms with E-state index in [0.717, 1.165) is 0 Å². The van der Waals surface area contributed by atoms with Crippen LogP contribution in [0.4, 0.5) is 5.69 Å². The zero-order valence-electron chi connectivity index (χ0n) is 11.8. The summed E-state index contributed by atoms with van der Waals surface area (Å²) >= 11 is 11.7. The number of aryl methyl sites for hydroxylation is 1. The molecule has 3 N–H and O–H groups in total. The van der Waals surface area contributed by atoms with Crippen molar-refractivity contribution in [1.29, 1.82) is 0 Å². The molecule has 1 unspecified atom stereocenters. The summed E-state index contributed by atoms with van der Waals surface area (Å²) in [5.41, 5.74) is 1.69. The van der Waals surface area contributed by atoms with Gasteiger partial charge in [0.1, 0.15) is 5.75 Å². The van der Waals surface area contributed by atoms with Crippen LogP contribution in [0.1, 0.15) is 23.7 Å². The molecule has 0 fully saturated rings. The van der Waals surface area contributed by atoms with Gasteiger partial charge in [-0.15, -0.1) is 0 Å². The number of hydrogen-bond acceptors (Lipinski definition) is 3. The normalized spacial score (nSPS) is 12.0. The largest absolute Gasteiger partial charge is 0.508 e. The van der Waals surface area contributed by atoms with E-state index in [1.54, 1.807) is 37.3 Å². The van der Waals surface area contributed by atoms with Gasteiger partial charge in [-0.1, -0.05) is 23.2 Å². The summed E-state index contributed by atoms with van der Waals surface area (Å²) in [5.74, 6) is -0.194. The van der Waals surface area contributed by atoms with Gasteiger partial charge in [0.15, 0.2) is 0 Å². The first-order chi connectivity index (χ1) is 10.3. The molecule has 0 aliphatic carbocycles. The van der Waals surface area contributed by atoms with Crippen molar-refractivity contribution in [3.05, 3.63) is 57.6 Å². The van der Waals surface area contributed by atoms with Gasteiger partial charge in [-0.3, -0.25) is 4.79 Å². The predicted octanol–water partition coefficient (Wildman–Crippen LogP) is 4.07. The Bertz CT molecular complexity index is 684.